The number of nitriles is 1. The van der Waals surface area contributed by atoms with Crippen LogP contribution in [0.1, 0.15) is 58.5 Å². The second kappa shape index (κ2) is 13.3. The highest BCUT2D eigenvalue weighted by molar-refractivity contribution is 6.40. The van der Waals surface area contributed by atoms with E-state index >= 15 is 0 Å². The molecule has 2 heterocycles. The van der Waals surface area contributed by atoms with E-state index in [1.807, 2.05) is 32.2 Å². The number of carboxylic acids is 1. The predicted octanol–water partition coefficient (Wildman–Crippen LogP) is 4.54. The lowest BCUT2D eigenvalue weighted by molar-refractivity contribution is -0.139. The van der Waals surface area contributed by atoms with Gasteiger partial charge in [-0.2, -0.15) is 5.26 Å². The van der Waals surface area contributed by atoms with Gasteiger partial charge in [-0.1, -0.05) is 49.5 Å². The van der Waals surface area contributed by atoms with Crippen LogP contribution in [-0.2, 0) is 17.8 Å². The lowest BCUT2D eigenvalue weighted by Crippen LogP contribution is -2.52. The Morgan fingerprint density at radius 3 is 2.71 bits per heavy atom. The molecule has 2 amide bonds. The van der Waals surface area contributed by atoms with E-state index in [2.05, 4.69) is 16.0 Å². The molecule has 1 aliphatic heterocycles. The van der Waals surface area contributed by atoms with Crippen LogP contribution in [0, 0.1) is 17.4 Å². The van der Waals surface area contributed by atoms with Crippen LogP contribution in [0.4, 0.5) is 0 Å². The van der Waals surface area contributed by atoms with Gasteiger partial charge in [0.05, 0.1) is 28.0 Å². The van der Waals surface area contributed by atoms with Crippen LogP contribution in [0.15, 0.2) is 41.0 Å². The largest absolute Gasteiger partial charge is 0.480 e. The zero-order valence-corrected chi connectivity index (χ0v) is 24.2. The minimum absolute atomic E-state index is 0.0207. The highest BCUT2D eigenvalue weighted by Crippen LogP contribution is 2.35. The Hall–Kier alpha value is -3.78. The molecule has 1 aliphatic rings. The van der Waals surface area contributed by atoms with Crippen molar-refractivity contribution in [1.29, 1.82) is 5.26 Å². The van der Waals surface area contributed by atoms with Crippen molar-refractivity contribution in [3.63, 3.8) is 0 Å². The third kappa shape index (κ3) is 6.93. The van der Waals surface area contributed by atoms with Gasteiger partial charge >= 0.3 is 5.97 Å². The Balaban J connectivity index is 1.47. The van der Waals surface area contributed by atoms with Gasteiger partial charge in [0.1, 0.15) is 11.6 Å². The molecule has 0 spiro atoms. The standard InChI is InChI=1S/C29H31Cl2N5O5/c1-3-16(2)10-24(34-15-32)33-13-22(29(39)40)35-27(37)25-21(30)11-19-14-36(8-6-20(19)26(25)31)28(38)18-5-4-17-7-9-41-23(17)12-18/h4-5,7,9,11-12,16,22,24,33-34H,3,6,8,10,13-14H2,1-2H3,(H,35,37)(H,39,40)/t16-,22+,24?/m1/s1. The lowest BCUT2D eigenvalue weighted by Gasteiger charge is -2.30. The molecule has 2 aromatic carbocycles. The summed E-state index contributed by atoms with van der Waals surface area (Å²) in [6, 6.07) is 7.40. The topological polar surface area (TPSA) is 148 Å². The van der Waals surface area contributed by atoms with Crippen molar-refractivity contribution in [3.05, 3.63) is 68.9 Å². The fraction of sp³-hybridized carbons (Fsp3) is 0.379. The van der Waals surface area contributed by atoms with E-state index in [0.29, 0.717) is 47.6 Å². The molecule has 4 rings (SSSR count). The van der Waals surface area contributed by atoms with Crippen LogP contribution >= 0.6 is 23.2 Å². The molecule has 0 saturated carbocycles. The van der Waals surface area contributed by atoms with Crippen molar-refractivity contribution in [1.82, 2.24) is 20.9 Å². The Labute approximate surface area is 247 Å². The van der Waals surface area contributed by atoms with Crippen LogP contribution in [-0.4, -0.2) is 53.1 Å². The van der Waals surface area contributed by atoms with Gasteiger partial charge in [0.2, 0.25) is 0 Å². The molecule has 0 bridgehead atoms. The van der Waals surface area contributed by atoms with Gasteiger partial charge in [-0.05, 0) is 54.2 Å². The number of hydrogen-bond donors (Lipinski definition) is 4. The van der Waals surface area contributed by atoms with Crippen molar-refractivity contribution < 1.29 is 23.9 Å². The maximum Gasteiger partial charge on any atom is 0.327 e. The predicted molar refractivity (Wildman–Crippen MR) is 155 cm³/mol. The number of benzene rings is 2. The summed E-state index contributed by atoms with van der Waals surface area (Å²) >= 11 is 13.2. The first kappa shape index (κ1) is 30.2. The first-order chi connectivity index (χ1) is 19.6. The van der Waals surface area contributed by atoms with E-state index in [-0.39, 0.29) is 34.6 Å². The molecule has 4 N–H and O–H groups in total. The average Bonchev–Trinajstić information content (AvgIpc) is 3.42. The van der Waals surface area contributed by atoms with Gasteiger partial charge in [-0.3, -0.25) is 14.9 Å². The maximum absolute atomic E-state index is 13.2. The minimum atomic E-state index is -1.30. The number of carbonyl (C=O) groups excluding carboxylic acids is 2. The number of carbonyl (C=O) groups is 3. The Morgan fingerprint density at radius 2 is 2.00 bits per heavy atom. The number of amides is 2. The monoisotopic (exact) mass is 599 g/mol. The van der Waals surface area contributed by atoms with Gasteiger partial charge in [0, 0.05) is 30.6 Å². The molecule has 0 saturated heterocycles. The van der Waals surface area contributed by atoms with Crippen molar-refractivity contribution in [2.45, 2.75) is 51.9 Å². The van der Waals surface area contributed by atoms with E-state index in [1.54, 1.807) is 29.4 Å². The highest BCUT2D eigenvalue weighted by atomic mass is 35.5. The van der Waals surface area contributed by atoms with E-state index in [4.69, 9.17) is 32.9 Å². The number of nitrogens with one attached hydrogen (secondary N) is 3. The maximum atomic E-state index is 13.2. The summed E-state index contributed by atoms with van der Waals surface area (Å²) < 4.78 is 5.42. The second-order valence-electron chi connectivity index (χ2n) is 10.2. The summed E-state index contributed by atoms with van der Waals surface area (Å²) in [7, 11) is 0. The number of aliphatic carboxylic acids is 1. The minimum Gasteiger partial charge on any atom is -0.480 e. The number of nitrogens with zero attached hydrogens (tertiary/aromatic N) is 2. The SMILES string of the molecule is CC[C@@H](C)CC(NC#N)NC[C@H](NC(=O)c1c(Cl)cc2c(c1Cl)CCN(C(=O)c1ccc3ccoc3c1)C2)C(=O)O. The third-order valence-corrected chi connectivity index (χ3v) is 8.08. The van der Waals surface area contributed by atoms with E-state index in [9.17, 15) is 19.5 Å². The van der Waals surface area contributed by atoms with Crippen molar-refractivity contribution in [2.75, 3.05) is 13.1 Å². The number of rotatable bonds is 11. The molecule has 12 heteroatoms. The van der Waals surface area contributed by atoms with Crippen molar-refractivity contribution in [3.8, 4) is 6.19 Å². The Kier molecular flexibility index (Phi) is 9.76. The summed E-state index contributed by atoms with van der Waals surface area (Å²) in [4.78, 5) is 40.0. The molecule has 3 aromatic rings. The molecule has 216 valence electrons. The zero-order chi connectivity index (χ0) is 29.7. The molecule has 41 heavy (non-hydrogen) atoms. The number of hydrogen-bond acceptors (Lipinski definition) is 7. The molecule has 3 atom stereocenters. The normalized spacial score (nSPS) is 15.0. The van der Waals surface area contributed by atoms with E-state index in [1.165, 1.54) is 0 Å². The van der Waals surface area contributed by atoms with E-state index < -0.39 is 24.1 Å². The van der Waals surface area contributed by atoms with Crippen molar-refractivity contribution >= 4 is 52.0 Å². The van der Waals surface area contributed by atoms with E-state index in [0.717, 1.165) is 11.8 Å². The third-order valence-electron chi connectivity index (χ3n) is 7.37. The van der Waals surface area contributed by atoms with Crippen LogP contribution in [0.2, 0.25) is 10.0 Å². The smallest absolute Gasteiger partial charge is 0.327 e. The summed E-state index contributed by atoms with van der Waals surface area (Å²) in [6.07, 6.45) is 4.88. The molecule has 0 aliphatic carbocycles. The van der Waals surface area contributed by atoms with Gasteiger partial charge in [0.15, 0.2) is 6.19 Å². The molecule has 0 radical (unpaired) electrons. The van der Waals surface area contributed by atoms with Crippen LogP contribution in [0.5, 0.6) is 0 Å². The summed E-state index contributed by atoms with van der Waals surface area (Å²) in [6.45, 7) is 4.54. The number of furan rings is 1. The summed E-state index contributed by atoms with van der Waals surface area (Å²) in [5.74, 6) is -1.85. The first-order valence-electron chi connectivity index (χ1n) is 13.3. The van der Waals surface area contributed by atoms with Crippen LogP contribution in [0.25, 0.3) is 11.0 Å². The summed E-state index contributed by atoms with van der Waals surface area (Å²) in [5, 5.41) is 28.0. The Bertz CT molecular complexity index is 1500. The number of halogens is 2. The quantitative estimate of drug-likeness (QED) is 0.143. The van der Waals surface area contributed by atoms with Crippen LogP contribution < -0.4 is 16.0 Å². The Morgan fingerprint density at radius 1 is 1.22 bits per heavy atom. The summed E-state index contributed by atoms with van der Waals surface area (Å²) in [5.41, 5.74) is 2.49. The lowest BCUT2D eigenvalue weighted by atomic mass is 9.96. The second-order valence-corrected chi connectivity index (χ2v) is 11.0. The molecular formula is C29H31Cl2N5O5. The zero-order valence-electron chi connectivity index (χ0n) is 22.7. The van der Waals surface area contributed by atoms with Gasteiger partial charge in [-0.25, -0.2) is 4.79 Å². The number of fused-ring (bicyclic) bond motifs is 2. The molecule has 1 aromatic heterocycles. The van der Waals surface area contributed by atoms with Gasteiger partial charge in [0.25, 0.3) is 11.8 Å². The molecule has 1 unspecified atom stereocenters. The number of carboxylic acid groups (broad SMARTS) is 1. The fourth-order valence-corrected chi connectivity index (χ4v) is 5.60. The fourth-order valence-electron chi connectivity index (χ4n) is 4.83. The van der Waals surface area contributed by atoms with Gasteiger partial charge in [-0.15, -0.1) is 0 Å². The molecular weight excluding hydrogens is 569 g/mol. The molecule has 0 fully saturated rings. The highest BCUT2D eigenvalue weighted by Gasteiger charge is 2.30. The average molecular weight is 601 g/mol. The van der Waals surface area contributed by atoms with Crippen molar-refractivity contribution in [2.24, 2.45) is 5.92 Å². The van der Waals surface area contributed by atoms with Crippen LogP contribution in [0.3, 0.4) is 0 Å². The first-order valence-corrected chi connectivity index (χ1v) is 14.1. The van der Waals surface area contributed by atoms with Gasteiger partial charge < -0.3 is 25.1 Å². The molecule has 10 nitrogen and oxygen atoms in total.